The van der Waals surface area contributed by atoms with Crippen molar-refractivity contribution in [3.05, 3.63) is 35.9 Å². The van der Waals surface area contributed by atoms with Gasteiger partial charge in [-0.05, 0) is 38.8 Å². The molecule has 9 nitrogen and oxygen atoms in total. The van der Waals surface area contributed by atoms with Crippen molar-refractivity contribution in [2.24, 2.45) is 11.8 Å². The molecule has 2 bridgehead atoms. The molecule has 2 aromatic rings. The van der Waals surface area contributed by atoms with Crippen molar-refractivity contribution < 1.29 is 19.0 Å². The Labute approximate surface area is 193 Å². The van der Waals surface area contributed by atoms with Crippen molar-refractivity contribution in [3.63, 3.8) is 0 Å². The van der Waals surface area contributed by atoms with Gasteiger partial charge in [-0.3, -0.25) is 4.98 Å². The Bertz CT molecular complexity index is 1060. The standard InChI is InChI=1S/C24H29N5O4/c1-15-21(29-9-5-18-19(29)4-3-8-25-18)26-14-27-22(15)32-20-16-10-28(11-17(20)13-31-12-16)23(30)33-24(2)6-7-24/h3-4,8,14,16-17,20H,5-7,9-13H2,1-2H3. The normalized spacial score (nSPS) is 27.2. The lowest BCUT2D eigenvalue weighted by atomic mass is 9.84. The number of carbonyl (C=O) groups is 1. The summed E-state index contributed by atoms with van der Waals surface area (Å²) in [5, 5.41) is 0. The van der Waals surface area contributed by atoms with Crippen LogP contribution in [-0.4, -0.2) is 70.5 Å². The predicted molar refractivity (Wildman–Crippen MR) is 120 cm³/mol. The maximum atomic E-state index is 12.7. The van der Waals surface area contributed by atoms with Crippen LogP contribution in [0.25, 0.3) is 0 Å². The van der Waals surface area contributed by atoms with Crippen LogP contribution < -0.4 is 9.64 Å². The van der Waals surface area contributed by atoms with Gasteiger partial charge in [0, 0.05) is 44.1 Å². The smallest absolute Gasteiger partial charge is 0.410 e. The monoisotopic (exact) mass is 451 g/mol. The molecule has 1 saturated carbocycles. The van der Waals surface area contributed by atoms with Crippen LogP contribution in [0.15, 0.2) is 24.7 Å². The number of anilines is 2. The van der Waals surface area contributed by atoms with E-state index in [0.29, 0.717) is 32.2 Å². The first-order valence-corrected chi connectivity index (χ1v) is 11.8. The highest BCUT2D eigenvalue weighted by atomic mass is 16.6. The second-order valence-electron chi connectivity index (χ2n) is 9.86. The zero-order valence-electron chi connectivity index (χ0n) is 19.1. The lowest BCUT2D eigenvalue weighted by Gasteiger charge is -2.46. The third kappa shape index (κ3) is 3.78. The first-order valence-electron chi connectivity index (χ1n) is 11.8. The van der Waals surface area contributed by atoms with Gasteiger partial charge in [0.25, 0.3) is 0 Å². The van der Waals surface area contributed by atoms with Gasteiger partial charge < -0.3 is 24.0 Å². The van der Waals surface area contributed by atoms with Crippen LogP contribution in [-0.2, 0) is 15.9 Å². The molecule has 2 unspecified atom stereocenters. The number of piperidine rings is 1. The van der Waals surface area contributed by atoms with E-state index in [1.807, 2.05) is 31.0 Å². The fourth-order valence-corrected chi connectivity index (χ4v) is 5.17. The number of rotatable bonds is 4. The second kappa shape index (κ2) is 7.83. The highest BCUT2D eigenvalue weighted by molar-refractivity contribution is 5.69. The predicted octanol–water partition coefficient (Wildman–Crippen LogP) is 2.89. The number of likely N-dealkylation sites (tertiary alicyclic amines) is 1. The van der Waals surface area contributed by atoms with E-state index >= 15 is 0 Å². The number of aromatic nitrogens is 3. The zero-order chi connectivity index (χ0) is 22.6. The van der Waals surface area contributed by atoms with Gasteiger partial charge in [-0.1, -0.05) is 0 Å². The molecule has 0 N–H and O–H groups in total. The van der Waals surface area contributed by atoms with E-state index in [1.54, 1.807) is 6.33 Å². The molecule has 5 heterocycles. The van der Waals surface area contributed by atoms with Crippen LogP contribution in [0.4, 0.5) is 16.3 Å². The van der Waals surface area contributed by atoms with Crippen LogP contribution in [0.1, 0.15) is 31.0 Å². The van der Waals surface area contributed by atoms with Gasteiger partial charge in [-0.2, -0.15) is 0 Å². The molecule has 9 heteroatoms. The van der Waals surface area contributed by atoms with Crippen molar-refractivity contribution in [1.82, 2.24) is 19.9 Å². The minimum absolute atomic E-state index is 0.0618. The fourth-order valence-electron chi connectivity index (χ4n) is 5.17. The largest absolute Gasteiger partial charge is 0.473 e. The Morgan fingerprint density at radius 2 is 1.97 bits per heavy atom. The number of pyridine rings is 1. The lowest BCUT2D eigenvalue weighted by Crippen LogP contribution is -2.59. The van der Waals surface area contributed by atoms with Gasteiger partial charge in [-0.25, -0.2) is 14.8 Å². The van der Waals surface area contributed by atoms with Crippen molar-refractivity contribution in [3.8, 4) is 5.88 Å². The molecular formula is C24H29N5O4. The van der Waals surface area contributed by atoms with Gasteiger partial charge in [0.15, 0.2) is 0 Å². The van der Waals surface area contributed by atoms with Crippen LogP contribution in [0.5, 0.6) is 5.88 Å². The molecule has 174 valence electrons. The Hall–Kier alpha value is -2.94. The maximum absolute atomic E-state index is 12.7. The Kier molecular flexibility index (Phi) is 4.90. The third-order valence-corrected chi connectivity index (χ3v) is 7.29. The summed E-state index contributed by atoms with van der Waals surface area (Å²) >= 11 is 0. The number of carbonyl (C=O) groups excluding carboxylic acids is 1. The highest BCUT2D eigenvalue weighted by Gasteiger charge is 2.47. The maximum Gasteiger partial charge on any atom is 0.410 e. The lowest BCUT2D eigenvalue weighted by molar-refractivity contribution is -0.111. The summed E-state index contributed by atoms with van der Waals surface area (Å²) in [4.78, 5) is 30.2. The molecule has 0 spiro atoms. The topological polar surface area (TPSA) is 89.9 Å². The van der Waals surface area contributed by atoms with Crippen LogP contribution >= 0.6 is 0 Å². The molecule has 1 amide bonds. The highest BCUT2D eigenvalue weighted by Crippen LogP contribution is 2.41. The Balaban J connectivity index is 1.20. The number of hydrogen-bond donors (Lipinski definition) is 0. The van der Waals surface area contributed by atoms with E-state index in [4.69, 9.17) is 14.2 Å². The van der Waals surface area contributed by atoms with Crippen molar-refractivity contribution in [2.75, 3.05) is 37.7 Å². The van der Waals surface area contributed by atoms with Gasteiger partial charge in [0.1, 0.15) is 23.9 Å². The molecular weight excluding hydrogens is 422 g/mol. The number of nitrogens with zero attached hydrogens (tertiary/aromatic N) is 5. The molecule has 33 heavy (non-hydrogen) atoms. The molecule has 4 aliphatic rings. The summed E-state index contributed by atoms with van der Waals surface area (Å²) in [6, 6.07) is 4.03. The van der Waals surface area contributed by atoms with E-state index in [2.05, 4.69) is 25.9 Å². The van der Waals surface area contributed by atoms with Crippen LogP contribution in [0.3, 0.4) is 0 Å². The minimum Gasteiger partial charge on any atom is -0.473 e. The number of amides is 1. The summed E-state index contributed by atoms with van der Waals surface area (Å²) in [5.41, 5.74) is 2.82. The van der Waals surface area contributed by atoms with Crippen LogP contribution in [0.2, 0.25) is 0 Å². The summed E-state index contributed by atoms with van der Waals surface area (Å²) in [7, 11) is 0. The molecule has 2 saturated heterocycles. The number of fused-ring (bicyclic) bond motifs is 3. The Morgan fingerprint density at radius 1 is 1.18 bits per heavy atom. The molecule has 2 aromatic heterocycles. The number of hydrogen-bond acceptors (Lipinski definition) is 8. The first-order chi connectivity index (χ1) is 16.0. The summed E-state index contributed by atoms with van der Waals surface area (Å²) in [6.07, 6.45) is 5.91. The molecule has 0 aromatic carbocycles. The molecule has 2 atom stereocenters. The van der Waals surface area contributed by atoms with E-state index in [0.717, 1.165) is 48.6 Å². The van der Waals surface area contributed by atoms with E-state index < -0.39 is 0 Å². The number of ether oxygens (including phenoxy) is 3. The SMILES string of the molecule is Cc1c(OC2C3COCC2CN(C(=O)OC2(C)CC2)C3)ncnc1N1CCc2ncccc21. The van der Waals surface area contributed by atoms with E-state index in [-0.39, 0.29) is 29.6 Å². The van der Waals surface area contributed by atoms with Gasteiger partial charge >= 0.3 is 6.09 Å². The first kappa shape index (κ1) is 20.7. The van der Waals surface area contributed by atoms with E-state index in [1.165, 1.54) is 0 Å². The third-order valence-electron chi connectivity index (χ3n) is 7.29. The molecule has 3 fully saturated rings. The van der Waals surface area contributed by atoms with Crippen molar-refractivity contribution >= 4 is 17.6 Å². The quantitative estimate of drug-likeness (QED) is 0.701. The molecule has 6 rings (SSSR count). The Morgan fingerprint density at radius 3 is 2.73 bits per heavy atom. The molecule has 1 aliphatic carbocycles. The second-order valence-corrected chi connectivity index (χ2v) is 9.86. The van der Waals surface area contributed by atoms with Gasteiger partial charge in [0.05, 0.1) is 30.2 Å². The minimum atomic E-state index is -0.270. The van der Waals surface area contributed by atoms with Gasteiger partial charge in [-0.15, -0.1) is 0 Å². The average molecular weight is 452 g/mol. The van der Waals surface area contributed by atoms with Gasteiger partial charge in [0.2, 0.25) is 5.88 Å². The van der Waals surface area contributed by atoms with Crippen molar-refractivity contribution in [2.45, 2.75) is 44.8 Å². The fraction of sp³-hybridized carbons (Fsp3) is 0.583. The summed E-state index contributed by atoms with van der Waals surface area (Å²) in [5.74, 6) is 1.60. The summed E-state index contributed by atoms with van der Waals surface area (Å²) in [6.45, 7) is 7.09. The average Bonchev–Trinajstić information content (AvgIpc) is 3.37. The summed E-state index contributed by atoms with van der Waals surface area (Å²) < 4.78 is 18.0. The van der Waals surface area contributed by atoms with Crippen molar-refractivity contribution in [1.29, 1.82) is 0 Å². The van der Waals surface area contributed by atoms with Crippen LogP contribution in [0, 0.1) is 18.8 Å². The molecule has 0 radical (unpaired) electrons. The molecule has 3 aliphatic heterocycles. The van der Waals surface area contributed by atoms with E-state index in [9.17, 15) is 4.79 Å². The zero-order valence-corrected chi connectivity index (χ0v) is 19.1.